The topological polar surface area (TPSA) is 68.2 Å². The van der Waals surface area contributed by atoms with Gasteiger partial charge in [-0.05, 0) is 97.7 Å². The second kappa shape index (κ2) is 12.9. The van der Waals surface area contributed by atoms with Crippen LogP contribution >= 0.6 is 11.6 Å². The first-order chi connectivity index (χ1) is 18.9. The number of halogens is 1. The predicted molar refractivity (Wildman–Crippen MR) is 158 cm³/mol. The van der Waals surface area contributed by atoms with Gasteiger partial charge in [0.25, 0.3) is 5.91 Å². The Morgan fingerprint density at radius 2 is 1.95 bits per heavy atom. The minimum Gasteiger partial charge on any atom is -0.491 e. The lowest BCUT2D eigenvalue weighted by atomic mass is 9.71. The Balaban J connectivity index is 1.58. The van der Waals surface area contributed by atoms with Crippen molar-refractivity contribution in [3.8, 4) is 5.75 Å². The molecular weight excluding hydrogens is 532 g/mol. The van der Waals surface area contributed by atoms with Crippen LogP contribution in [0, 0.1) is 17.8 Å². The van der Waals surface area contributed by atoms with Crippen LogP contribution in [0.1, 0.15) is 60.5 Å². The Labute approximate surface area is 238 Å². The van der Waals surface area contributed by atoms with Crippen molar-refractivity contribution in [2.24, 2.45) is 22.1 Å². The number of allylic oxidation sites excluding steroid dienone is 1. The predicted octanol–water partition coefficient (Wildman–Crippen LogP) is 6.50. The highest BCUT2D eigenvalue weighted by atomic mass is 35.5. The van der Waals surface area contributed by atoms with Gasteiger partial charge in [0.1, 0.15) is 5.75 Å². The normalized spacial score (nSPS) is 29.4. The third kappa shape index (κ3) is 6.87. The summed E-state index contributed by atoms with van der Waals surface area (Å²) < 4.78 is 28.9. The zero-order valence-electron chi connectivity index (χ0n) is 22.9. The fourth-order valence-electron chi connectivity index (χ4n) is 5.96. The molecule has 39 heavy (non-hydrogen) atoms. The van der Waals surface area contributed by atoms with Crippen LogP contribution in [0.4, 0.5) is 5.69 Å². The first-order valence-electron chi connectivity index (χ1n) is 14.1. The van der Waals surface area contributed by atoms with Crippen molar-refractivity contribution in [2.45, 2.75) is 58.1 Å². The maximum absolute atomic E-state index is 13.2. The van der Waals surface area contributed by atoms with Crippen molar-refractivity contribution in [1.29, 1.82) is 0 Å². The number of ether oxygens (including phenoxy) is 2. The molecule has 6 nitrogen and oxygen atoms in total. The van der Waals surface area contributed by atoms with Gasteiger partial charge in [-0.15, -0.1) is 0 Å². The number of anilines is 1. The Morgan fingerprint density at radius 3 is 2.74 bits per heavy atom. The van der Waals surface area contributed by atoms with Crippen LogP contribution in [-0.2, 0) is 28.3 Å². The average molecular weight is 571 g/mol. The van der Waals surface area contributed by atoms with E-state index in [0.717, 1.165) is 48.7 Å². The van der Waals surface area contributed by atoms with Gasteiger partial charge in [-0.2, -0.15) is 4.36 Å². The van der Waals surface area contributed by atoms with Crippen LogP contribution in [-0.4, -0.2) is 42.2 Å². The van der Waals surface area contributed by atoms with E-state index in [1.165, 1.54) is 24.0 Å². The number of carbonyl (C=O) groups is 1. The molecule has 1 aliphatic carbocycles. The Bertz CT molecular complexity index is 1310. The molecule has 2 aromatic carbocycles. The lowest BCUT2D eigenvalue weighted by Gasteiger charge is -2.41. The molecule has 0 saturated heterocycles. The molecule has 1 unspecified atom stereocenters. The van der Waals surface area contributed by atoms with Gasteiger partial charge in [0.2, 0.25) is 0 Å². The summed E-state index contributed by atoms with van der Waals surface area (Å²) in [6, 6.07) is 11.7. The van der Waals surface area contributed by atoms with E-state index < -0.39 is 16.5 Å². The van der Waals surface area contributed by atoms with E-state index in [1.54, 1.807) is 13.2 Å². The third-order valence-corrected chi connectivity index (χ3v) is 9.98. The maximum Gasteiger partial charge on any atom is 0.284 e. The molecule has 2 aromatic rings. The summed E-state index contributed by atoms with van der Waals surface area (Å²) in [5, 5.41) is 0.756. The minimum atomic E-state index is -2.06. The number of amides is 1. The lowest BCUT2D eigenvalue weighted by molar-refractivity contribution is 0.100. The number of carbonyl (C=O) groups excluding carboxylic acids is 1. The molecule has 0 radical (unpaired) electrons. The molecule has 5 rings (SSSR count). The number of thiol groups is 1. The van der Waals surface area contributed by atoms with Gasteiger partial charge in [-0.1, -0.05) is 36.7 Å². The average Bonchev–Trinajstić information content (AvgIpc) is 2.93. The fraction of sp³-hybridized carbons (Fsp3) is 0.516. The van der Waals surface area contributed by atoms with Gasteiger partial charge in [-0.25, -0.2) is 0 Å². The van der Waals surface area contributed by atoms with Crippen molar-refractivity contribution < 1.29 is 18.5 Å². The molecule has 8 heteroatoms. The number of hydrogen-bond donors (Lipinski definition) is 1. The first-order valence-corrected chi connectivity index (χ1v) is 15.9. The van der Waals surface area contributed by atoms with Crippen LogP contribution in [0.15, 0.2) is 52.9 Å². The van der Waals surface area contributed by atoms with Crippen molar-refractivity contribution in [3.63, 3.8) is 0 Å². The van der Waals surface area contributed by atoms with Gasteiger partial charge >= 0.3 is 0 Å². The van der Waals surface area contributed by atoms with Crippen LogP contribution in [0.25, 0.3) is 0 Å². The summed E-state index contributed by atoms with van der Waals surface area (Å²) in [5.41, 5.74) is 3.85. The van der Waals surface area contributed by atoms with E-state index in [2.05, 4.69) is 33.5 Å². The second-order valence-electron chi connectivity index (χ2n) is 11.2. The van der Waals surface area contributed by atoms with Crippen molar-refractivity contribution in [1.82, 2.24) is 0 Å². The number of nitrogens with zero attached hydrogens (tertiary/aromatic N) is 2. The zero-order chi connectivity index (χ0) is 27.4. The van der Waals surface area contributed by atoms with E-state index >= 15 is 0 Å². The van der Waals surface area contributed by atoms with Crippen molar-refractivity contribution in [3.05, 3.63) is 70.3 Å². The molecule has 1 amide bonds. The summed E-state index contributed by atoms with van der Waals surface area (Å²) in [4.78, 5) is 15.6. The van der Waals surface area contributed by atoms with E-state index in [4.69, 9.17) is 21.1 Å². The van der Waals surface area contributed by atoms with Crippen molar-refractivity contribution in [2.75, 3.05) is 30.9 Å². The first kappa shape index (κ1) is 28.2. The third-order valence-electron chi connectivity index (χ3n) is 8.45. The van der Waals surface area contributed by atoms with Crippen LogP contribution in [0.3, 0.4) is 0 Å². The summed E-state index contributed by atoms with van der Waals surface area (Å²) in [7, 11) is -0.380. The summed E-state index contributed by atoms with van der Waals surface area (Å²) in [6.07, 6.45) is 10.4. The standard InChI is InChI=1S/C31H39ClN2O4S/c1-21-20-39(36)33-31(35)24-12-14-30-28(17-24)34(18-25-10-9-22(25)7-5-8-29(21)37-2)19-26-11-13-27(32)16-23(26)6-3-4-15-38-30/h5,8,11-14,16-17,21-22,25,29,39H,3-4,6-7,9-10,15,18-20H2,1-2H3/b8-5+/t21-,22-,25+,29+/m1/s1. The molecular formula is C31H39ClN2O4S. The summed E-state index contributed by atoms with van der Waals surface area (Å²) >= 11 is 6.39. The molecule has 0 N–H and O–H groups in total. The number of hydrogen-bond acceptors (Lipinski definition) is 5. The smallest absolute Gasteiger partial charge is 0.284 e. The van der Waals surface area contributed by atoms with Gasteiger partial charge in [0.05, 0.1) is 18.4 Å². The fourth-order valence-corrected chi connectivity index (χ4v) is 7.26. The zero-order valence-corrected chi connectivity index (χ0v) is 24.5. The summed E-state index contributed by atoms with van der Waals surface area (Å²) in [5.74, 6) is 1.74. The summed E-state index contributed by atoms with van der Waals surface area (Å²) in [6.45, 7) is 4.18. The van der Waals surface area contributed by atoms with Crippen molar-refractivity contribution >= 4 is 33.8 Å². The Morgan fingerprint density at radius 1 is 1.10 bits per heavy atom. The molecule has 1 fully saturated rings. The SMILES string of the molecule is CO[C@H]1/C=C/C[C@@H]2CC[C@H]2CN2Cc3ccc(Cl)cc3CCCCOc3ccc(cc32)C(=O)/N=[SH](=O)\C[C@H]1C. The molecule has 2 aliphatic heterocycles. The van der Waals surface area contributed by atoms with Crippen LogP contribution in [0.2, 0.25) is 5.02 Å². The van der Waals surface area contributed by atoms with Crippen LogP contribution in [0.5, 0.6) is 5.75 Å². The molecule has 0 aromatic heterocycles. The quantitative estimate of drug-likeness (QED) is 0.313. The maximum atomic E-state index is 13.2. The van der Waals surface area contributed by atoms with E-state index in [0.29, 0.717) is 36.3 Å². The Kier molecular flexibility index (Phi) is 9.31. The van der Waals surface area contributed by atoms with Gasteiger partial charge in [0, 0.05) is 47.1 Å². The monoisotopic (exact) mass is 570 g/mol. The van der Waals surface area contributed by atoms with Gasteiger partial charge in [-0.3, -0.25) is 9.00 Å². The molecule has 0 spiro atoms. The number of methoxy groups -OCH3 is 1. The molecule has 5 atom stereocenters. The number of aryl methyl sites for hydroxylation is 1. The lowest BCUT2D eigenvalue weighted by Crippen LogP contribution is -2.38. The highest BCUT2D eigenvalue weighted by Gasteiger charge is 2.33. The van der Waals surface area contributed by atoms with E-state index in [1.807, 2.05) is 25.1 Å². The molecule has 2 bridgehead atoms. The molecule has 2 heterocycles. The number of fused-ring (bicyclic) bond motifs is 3. The van der Waals surface area contributed by atoms with E-state index in [-0.39, 0.29) is 12.0 Å². The molecule has 3 aliphatic rings. The Hall–Kier alpha value is -2.35. The highest BCUT2D eigenvalue weighted by molar-refractivity contribution is 7.75. The number of rotatable bonds is 1. The van der Waals surface area contributed by atoms with E-state index in [9.17, 15) is 9.00 Å². The van der Waals surface area contributed by atoms with Gasteiger partial charge < -0.3 is 14.4 Å². The minimum absolute atomic E-state index is 0.0126. The molecule has 1 saturated carbocycles. The molecule has 210 valence electrons. The van der Waals surface area contributed by atoms with Gasteiger partial charge in [0.15, 0.2) is 0 Å². The highest BCUT2D eigenvalue weighted by Crippen LogP contribution is 2.41. The number of benzene rings is 2. The second-order valence-corrected chi connectivity index (χ2v) is 12.9. The van der Waals surface area contributed by atoms with Crippen LogP contribution < -0.4 is 9.64 Å². The largest absolute Gasteiger partial charge is 0.491 e.